The predicted octanol–water partition coefficient (Wildman–Crippen LogP) is 3.63. The Morgan fingerprint density at radius 1 is 1.32 bits per heavy atom. The van der Waals surface area contributed by atoms with Crippen LogP contribution in [0.15, 0.2) is 49.1 Å². The molecule has 0 unspecified atom stereocenters. The molecule has 0 aliphatic heterocycles. The Labute approximate surface area is 144 Å². The fraction of sp³-hybridized carbons (Fsp3) is 0.125. The number of carbonyl (C=O) groups excluding carboxylic acids is 1. The number of hydrogen-bond acceptors (Lipinski definition) is 4. The van der Waals surface area contributed by atoms with Gasteiger partial charge in [0, 0.05) is 24.0 Å². The Balaban J connectivity index is 1.88. The number of ether oxygens (including phenoxy) is 1. The molecule has 0 aliphatic rings. The number of aromatic nitrogens is 2. The number of nitrogens with two attached hydrogens (primary N) is 1. The fourth-order valence-corrected chi connectivity index (χ4v) is 3.14. The molecule has 25 heavy (non-hydrogen) atoms. The van der Waals surface area contributed by atoms with E-state index in [0.717, 1.165) is 17.4 Å². The number of nitrogens with zero attached hydrogens (tertiary/aromatic N) is 2. The Morgan fingerprint density at radius 3 is 2.72 bits per heavy atom. The Kier molecular flexibility index (Phi) is 4.49. The lowest BCUT2D eigenvalue weighted by Crippen LogP contribution is -2.13. The van der Waals surface area contributed by atoms with Crippen LogP contribution in [0.5, 0.6) is 5.75 Å². The van der Waals surface area contributed by atoms with Gasteiger partial charge in [-0.15, -0.1) is 11.3 Å². The van der Waals surface area contributed by atoms with Gasteiger partial charge in [0.05, 0.1) is 11.9 Å². The van der Waals surface area contributed by atoms with Gasteiger partial charge in [-0.1, -0.05) is 18.2 Å². The molecule has 1 aromatic carbocycles. The molecule has 3 aromatic rings. The van der Waals surface area contributed by atoms with Crippen LogP contribution in [-0.2, 0) is 12.8 Å². The van der Waals surface area contributed by atoms with E-state index >= 15 is 0 Å². The number of carbonyl (C=O) groups is 1. The van der Waals surface area contributed by atoms with Crippen LogP contribution in [0.4, 0.5) is 13.2 Å². The zero-order valence-electron chi connectivity index (χ0n) is 12.7. The van der Waals surface area contributed by atoms with Gasteiger partial charge in [-0.3, -0.25) is 9.36 Å². The average Bonchev–Trinajstić information content (AvgIpc) is 3.21. The summed E-state index contributed by atoms with van der Waals surface area (Å²) in [5, 5.41) is 0.616. The van der Waals surface area contributed by atoms with Crippen LogP contribution in [0.25, 0.3) is 5.00 Å². The first kappa shape index (κ1) is 17.0. The normalized spacial score (nSPS) is 11.5. The van der Waals surface area contributed by atoms with Crippen molar-refractivity contribution in [3.05, 3.63) is 65.1 Å². The summed E-state index contributed by atoms with van der Waals surface area (Å²) in [6, 6.07) is 6.66. The van der Waals surface area contributed by atoms with Crippen LogP contribution in [0.2, 0.25) is 0 Å². The summed E-state index contributed by atoms with van der Waals surface area (Å²) in [6.45, 7) is -0.337. The summed E-state index contributed by atoms with van der Waals surface area (Å²) in [5.41, 5.74) is 4.53. The first-order valence-electron chi connectivity index (χ1n) is 7.06. The molecule has 0 radical (unpaired) electrons. The maximum atomic E-state index is 13.0. The standard InChI is InChI=1S/C16H12F3N3O2S/c17-16(18,19)11-4-2-1-3-10(11)8-24-12-7-13(22-6-5-21-9-22)25-14(12)15(20)23/h1-7,9H,8H2,(H2,20,23). The van der Waals surface area contributed by atoms with Crippen molar-refractivity contribution in [3.63, 3.8) is 0 Å². The van der Waals surface area contributed by atoms with Gasteiger partial charge in [0.1, 0.15) is 22.2 Å². The number of imidazole rings is 1. The molecule has 0 saturated carbocycles. The molecular weight excluding hydrogens is 355 g/mol. The van der Waals surface area contributed by atoms with E-state index in [1.165, 1.54) is 24.5 Å². The van der Waals surface area contributed by atoms with E-state index < -0.39 is 17.6 Å². The van der Waals surface area contributed by atoms with Crippen LogP contribution in [0, 0.1) is 0 Å². The zero-order chi connectivity index (χ0) is 18.0. The van der Waals surface area contributed by atoms with E-state index in [4.69, 9.17) is 10.5 Å². The van der Waals surface area contributed by atoms with Crippen molar-refractivity contribution in [1.82, 2.24) is 9.55 Å². The minimum atomic E-state index is -4.48. The number of hydrogen-bond donors (Lipinski definition) is 1. The van der Waals surface area contributed by atoms with Gasteiger partial charge in [-0.25, -0.2) is 4.98 Å². The van der Waals surface area contributed by atoms with Gasteiger partial charge in [0.25, 0.3) is 5.91 Å². The second kappa shape index (κ2) is 6.60. The van der Waals surface area contributed by atoms with Crippen molar-refractivity contribution in [2.45, 2.75) is 12.8 Å². The van der Waals surface area contributed by atoms with Crippen LogP contribution in [-0.4, -0.2) is 15.5 Å². The highest BCUT2D eigenvalue weighted by atomic mass is 32.1. The van der Waals surface area contributed by atoms with Gasteiger partial charge >= 0.3 is 6.18 Å². The van der Waals surface area contributed by atoms with Crippen molar-refractivity contribution in [2.24, 2.45) is 5.73 Å². The van der Waals surface area contributed by atoms with E-state index in [1.807, 2.05) is 0 Å². The zero-order valence-corrected chi connectivity index (χ0v) is 13.5. The van der Waals surface area contributed by atoms with E-state index in [9.17, 15) is 18.0 Å². The molecule has 2 aromatic heterocycles. The van der Waals surface area contributed by atoms with Crippen LogP contribution in [0.1, 0.15) is 20.8 Å². The van der Waals surface area contributed by atoms with Gasteiger partial charge in [0.2, 0.25) is 0 Å². The maximum Gasteiger partial charge on any atom is 0.416 e. The van der Waals surface area contributed by atoms with Crippen LogP contribution in [0.3, 0.4) is 0 Å². The molecule has 3 rings (SSSR count). The van der Waals surface area contributed by atoms with Gasteiger partial charge in [-0.2, -0.15) is 13.2 Å². The second-order valence-corrected chi connectivity index (χ2v) is 6.09. The highest BCUT2D eigenvalue weighted by molar-refractivity contribution is 7.16. The summed E-state index contributed by atoms with van der Waals surface area (Å²) in [7, 11) is 0. The van der Waals surface area contributed by atoms with Crippen molar-refractivity contribution in [1.29, 1.82) is 0 Å². The van der Waals surface area contributed by atoms with Gasteiger partial charge < -0.3 is 10.5 Å². The molecule has 1 amide bonds. The van der Waals surface area contributed by atoms with E-state index in [-0.39, 0.29) is 22.8 Å². The van der Waals surface area contributed by atoms with Crippen molar-refractivity contribution < 1.29 is 22.7 Å². The van der Waals surface area contributed by atoms with E-state index in [1.54, 1.807) is 23.0 Å². The number of halogens is 3. The average molecular weight is 367 g/mol. The molecule has 5 nitrogen and oxygen atoms in total. The largest absolute Gasteiger partial charge is 0.487 e. The summed E-state index contributed by atoms with van der Waals surface area (Å²) in [5.74, 6) is -0.575. The molecule has 0 aliphatic carbocycles. The van der Waals surface area contributed by atoms with Crippen molar-refractivity contribution in [3.8, 4) is 10.8 Å². The number of primary amides is 1. The van der Waals surface area contributed by atoms with E-state index in [2.05, 4.69) is 4.98 Å². The molecule has 2 N–H and O–H groups in total. The number of rotatable bonds is 5. The molecular formula is C16H12F3N3O2S. The monoisotopic (exact) mass is 367 g/mol. The summed E-state index contributed by atoms with van der Waals surface area (Å²) < 4.78 is 46.2. The van der Waals surface area contributed by atoms with Crippen LogP contribution < -0.4 is 10.5 Å². The van der Waals surface area contributed by atoms with Crippen molar-refractivity contribution >= 4 is 17.2 Å². The number of benzene rings is 1. The van der Waals surface area contributed by atoms with Crippen LogP contribution >= 0.6 is 11.3 Å². The molecule has 0 bridgehead atoms. The number of thiophene rings is 1. The fourth-order valence-electron chi connectivity index (χ4n) is 2.24. The molecule has 0 spiro atoms. The Bertz CT molecular complexity index is 888. The molecule has 0 atom stereocenters. The predicted molar refractivity (Wildman–Crippen MR) is 85.7 cm³/mol. The SMILES string of the molecule is NC(=O)c1sc(-n2ccnc2)cc1OCc1ccccc1C(F)(F)F. The third-order valence-corrected chi connectivity index (χ3v) is 4.52. The third kappa shape index (κ3) is 3.66. The molecule has 130 valence electrons. The molecule has 0 fully saturated rings. The Morgan fingerprint density at radius 2 is 2.08 bits per heavy atom. The smallest absolute Gasteiger partial charge is 0.416 e. The maximum absolute atomic E-state index is 13.0. The third-order valence-electron chi connectivity index (χ3n) is 3.37. The first-order valence-corrected chi connectivity index (χ1v) is 7.88. The van der Waals surface area contributed by atoms with Gasteiger partial charge in [-0.05, 0) is 6.07 Å². The summed E-state index contributed by atoms with van der Waals surface area (Å²) in [4.78, 5) is 15.6. The Hall–Kier alpha value is -2.81. The van der Waals surface area contributed by atoms with E-state index in [0.29, 0.717) is 5.00 Å². The summed E-state index contributed by atoms with van der Waals surface area (Å²) in [6.07, 6.45) is 0.269. The van der Waals surface area contributed by atoms with Gasteiger partial charge in [0.15, 0.2) is 0 Å². The quantitative estimate of drug-likeness (QED) is 0.749. The minimum absolute atomic E-state index is 0.0270. The second-order valence-electron chi connectivity index (χ2n) is 5.06. The highest BCUT2D eigenvalue weighted by Gasteiger charge is 2.33. The molecule has 0 saturated heterocycles. The lowest BCUT2D eigenvalue weighted by atomic mass is 10.1. The number of alkyl halides is 3. The topological polar surface area (TPSA) is 70.1 Å². The minimum Gasteiger partial charge on any atom is -0.487 e. The lowest BCUT2D eigenvalue weighted by Gasteiger charge is -2.13. The summed E-state index contributed by atoms with van der Waals surface area (Å²) >= 11 is 1.07. The number of amides is 1. The van der Waals surface area contributed by atoms with Crippen molar-refractivity contribution in [2.75, 3.05) is 0 Å². The highest BCUT2D eigenvalue weighted by Crippen LogP contribution is 2.35. The molecule has 9 heteroatoms. The molecule has 2 heterocycles. The first-order chi connectivity index (χ1) is 11.9. The lowest BCUT2D eigenvalue weighted by molar-refractivity contribution is -0.138.